The summed E-state index contributed by atoms with van der Waals surface area (Å²) in [7, 11) is 1.89. The molecule has 138 valence electrons. The van der Waals surface area contributed by atoms with Crippen LogP contribution in [0.25, 0.3) is 0 Å². The summed E-state index contributed by atoms with van der Waals surface area (Å²) in [6.07, 6.45) is 0.421. The van der Waals surface area contributed by atoms with E-state index in [-0.39, 0.29) is 42.9 Å². The van der Waals surface area contributed by atoms with Crippen molar-refractivity contribution in [3.05, 3.63) is 35.9 Å². The molecule has 1 fully saturated rings. The smallest absolute Gasteiger partial charge is 0.222 e. The van der Waals surface area contributed by atoms with E-state index in [1.54, 1.807) is 0 Å². The minimum absolute atomic E-state index is 0. The molecule has 1 amide bonds. The highest BCUT2D eigenvalue weighted by Crippen LogP contribution is 2.12. The van der Waals surface area contributed by atoms with Crippen LogP contribution in [0.3, 0.4) is 0 Å². The van der Waals surface area contributed by atoms with E-state index in [0.29, 0.717) is 19.6 Å². The van der Waals surface area contributed by atoms with Gasteiger partial charge in [0.1, 0.15) is 0 Å². The summed E-state index contributed by atoms with van der Waals surface area (Å²) < 4.78 is 5.73. The van der Waals surface area contributed by atoms with Gasteiger partial charge in [-0.25, -0.2) is 0 Å². The number of hydrogen-bond acceptors (Lipinski definition) is 4. The zero-order valence-electron chi connectivity index (χ0n) is 14.4. The van der Waals surface area contributed by atoms with Gasteiger partial charge in [-0.1, -0.05) is 30.3 Å². The molecule has 1 saturated heterocycles. The summed E-state index contributed by atoms with van der Waals surface area (Å²) in [6, 6.07) is 10.7. The van der Waals surface area contributed by atoms with Crippen LogP contribution in [0, 0.1) is 0 Å². The predicted octanol–water partition coefficient (Wildman–Crippen LogP) is 1.85. The van der Waals surface area contributed by atoms with E-state index in [9.17, 15) is 4.79 Å². The first-order chi connectivity index (χ1) is 10.7. The molecule has 0 aromatic heterocycles. The number of ether oxygens (including phenoxy) is 1. The minimum Gasteiger partial charge on any atom is -0.375 e. The molecular weight excluding hydrogens is 349 g/mol. The van der Waals surface area contributed by atoms with Crippen molar-refractivity contribution >= 4 is 30.7 Å². The predicted molar refractivity (Wildman–Crippen MR) is 102 cm³/mol. The second kappa shape index (κ2) is 12.5. The van der Waals surface area contributed by atoms with E-state index >= 15 is 0 Å². The maximum absolute atomic E-state index is 12.0. The molecule has 2 rings (SSSR count). The monoisotopic (exact) mass is 377 g/mol. The second-order valence-electron chi connectivity index (χ2n) is 5.91. The van der Waals surface area contributed by atoms with Crippen molar-refractivity contribution < 1.29 is 9.53 Å². The molecule has 0 bridgehead atoms. The van der Waals surface area contributed by atoms with Crippen LogP contribution < -0.4 is 10.6 Å². The Labute approximate surface area is 157 Å². The fraction of sp³-hybridized carbons (Fsp3) is 0.588. The van der Waals surface area contributed by atoms with Crippen molar-refractivity contribution in [1.82, 2.24) is 15.5 Å². The zero-order valence-corrected chi connectivity index (χ0v) is 16.0. The van der Waals surface area contributed by atoms with E-state index < -0.39 is 0 Å². The zero-order chi connectivity index (χ0) is 15.8. The van der Waals surface area contributed by atoms with Crippen molar-refractivity contribution in [3.8, 4) is 0 Å². The van der Waals surface area contributed by atoms with Gasteiger partial charge < -0.3 is 15.4 Å². The fourth-order valence-corrected chi connectivity index (χ4v) is 2.54. The van der Waals surface area contributed by atoms with Crippen LogP contribution >= 0.6 is 24.8 Å². The summed E-state index contributed by atoms with van der Waals surface area (Å²) in [4.78, 5) is 14.3. The number of hydrogen-bond donors (Lipinski definition) is 2. The van der Waals surface area contributed by atoms with Gasteiger partial charge in [0.15, 0.2) is 0 Å². The number of carbonyl (C=O) groups excluding carboxylic acids is 1. The average molecular weight is 378 g/mol. The third-order valence-corrected chi connectivity index (χ3v) is 3.98. The Morgan fingerprint density at radius 2 is 2.04 bits per heavy atom. The van der Waals surface area contributed by atoms with Crippen LogP contribution in [0.5, 0.6) is 0 Å². The largest absolute Gasteiger partial charge is 0.375 e. The molecule has 0 aliphatic carbocycles. The summed E-state index contributed by atoms with van der Waals surface area (Å²) in [5.41, 5.74) is 1.30. The molecule has 7 heteroatoms. The number of likely N-dealkylation sites (N-methyl/N-ethyl adjacent to an activating group) is 1. The molecule has 1 heterocycles. The SMILES string of the molecule is CNC(C)CNC(=O)CC1CN(Cc2ccccc2)CCO1.Cl.Cl. The molecule has 24 heavy (non-hydrogen) atoms. The van der Waals surface area contributed by atoms with Gasteiger partial charge in [0.05, 0.1) is 19.1 Å². The highest BCUT2D eigenvalue weighted by Gasteiger charge is 2.22. The fourth-order valence-electron chi connectivity index (χ4n) is 2.54. The summed E-state index contributed by atoms with van der Waals surface area (Å²) in [6.45, 7) is 6.03. The normalized spacial score (nSPS) is 18.8. The van der Waals surface area contributed by atoms with Crippen LogP contribution in [0.2, 0.25) is 0 Å². The average Bonchev–Trinajstić information content (AvgIpc) is 2.54. The highest BCUT2D eigenvalue weighted by molar-refractivity contribution is 5.85. The van der Waals surface area contributed by atoms with Crippen LogP contribution in [0.15, 0.2) is 30.3 Å². The minimum atomic E-state index is -0.0117. The molecular formula is C17H29Cl2N3O2. The molecule has 1 aliphatic heterocycles. The molecule has 2 N–H and O–H groups in total. The first kappa shape index (κ1) is 23.1. The van der Waals surface area contributed by atoms with Gasteiger partial charge in [0, 0.05) is 32.2 Å². The highest BCUT2D eigenvalue weighted by atomic mass is 35.5. The van der Waals surface area contributed by atoms with Crippen LogP contribution in [-0.4, -0.2) is 56.2 Å². The van der Waals surface area contributed by atoms with E-state index in [2.05, 4.69) is 39.8 Å². The third-order valence-electron chi connectivity index (χ3n) is 3.98. The Morgan fingerprint density at radius 1 is 1.33 bits per heavy atom. The van der Waals surface area contributed by atoms with E-state index in [1.807, 2.05) is 20.0 Å². The topological polar surface area (TPSA) is 53.6 Å². The first-order valence-electron chi connectivity index (χ1n) is 7.99. The summed E-state index contributed by atoms with van der Waals surface area (Å²) >= 11 is 0. The second-order valence-corrected chi connectivity index (χ2v) is 5.91. The van der Waals surface area contributed by atoms with Crippen molar-refractivity contribution in [2.75, 3.05) is 33.3 Å². The number of nitrogens with one attached hydrogen (secondary N) is 2. The van der Waals surface area contributed by atoms with E-state index in [1.165, 1.54) is 5.56 Å². The van der Waals surface area contributed by atoms with Gasteiger partial charge in [0.25, 0.3) is 0 Å². The molecule has 1 aromatic rings. The van der Waals surface area contributed by atoms with E-state index in [0.717, 1.165) is 19.6 Å². The lowest BCUT2D eigenvalue weighted by Gasteiger charge is -2.32. The van der Waals surface area contributed by atoms with Gasteiger partial charge >= 0.3 is 0 Å². The van der Waals surface area contributed by atoms with Gasteiger partial charge in [-0.05, 0) is 19.5 Å². The molecule has 0 radical (unpaired) electrons. The quantitative estimate of drug-likeness (QED) is 0.761. The molecule has 2 unspecified atom stereocenters. The molecule has 1 aromatic carbocycles. The number of rotatable bonds is 7. The van der Waals surface area contributed by atoms with Crippen LogP contribution in [0.1, 0.15) is 18.9 Å². The number of benzene rings is 1. The van der Waals surface area contributed by atoms with Gasteiger partial charge in [0.2, 0.25) is 5.91 Å². The summed E-state index contributed by atoms with van der Waals surface area (Å²) in [5.74, 6) is 0.0636. The Balaban J connectivity index is 0.00000264. The molecule has 5 nitrogen and oxygen atoms in total. The van der Waals surface area contributed by atoms with Crippen molar-refractivity contribution in [2.24, 2.45) is 0 Å². The Bertz CT molecular complexity index is 462. The first-order valence-corrected chi connectivity index (χ1v) is 7.99. The number of morpholine rings is 1. The molecule has 1 aliphatic rings. The van der Waals surface area contributed by atoms with E-state index in [4.69, 9.17) is 4.74 Å². The lowest BCUT2D eigenvalue weighted by atomic mass is 10.1. The molecule has 0 saturated carbocycles. The summed E-state index contributed by atoms with van der Waals surface area (Å²) in [5, 5.41) is 6.05. The third kappa shape index (κ3) is 8.31. The molecule has 0 spiro atoms. The van der Waals surface area contributed by atoms with Crippen molar-refractivity contribution in [3.63, 3.8) is 0 Å². The van der Waals surface area contributed by atoms with Gasteiger partial charge in [-0.2, -0.15) is 0 Å². The lowest BCUT2D eigenvalue weighted by Crippen LogP contribution is -2.45. The standard InChI is InChI=1S/C17H27N3O2.2ClH/c1-14(18-2)11-19-17(21)10-16-13-20(8-9-22-16)12-15-6-4-3-5-7-15;;/h3-7,14,16,18H,8-13H2,1-2H3,(H,19,21);2*1H. The maximum atomic E-state index is 12.0. The Hall–Kier alpha value is -0.850. The van der Waals surface area contributed by atoms with Gasteiger partial charge in [-0.15, -0.1) is 24.8 Å². The Kier molecular flexibility index (Phi) is 12.1. The number of carbonyl (C=O) groups is 1. The van der Waals surface area contributed by atoms with Crippen LogP contribution in [0.4, 0.5) is 0 Å². The lowest BCUT2D eigenvalue weighted by molar-refractivity contribution is -0.126. The molecule has 2 atom stereocenters. The van der Waals surface area contributed by atoms with Crippen LogP contribution in [-0.2, 0) is 16.1 Å². The van der Waals surface area contributed by atoms with Gasteiger partial charge in [-0.3, -0.25) is 9.69 Å². The number of halogens is 2. The van der Waals surface area contributed by atoms with Crippen molar-refractivity contribution in [2.45, 2.75) is 32.0 Å². The number of nitrogens with zero attached hydrogens (tertiary/aromatic N) is 1. The maximum Gasteiger partial charge on any atom is 0.222 e. The van der Waals surface area contributed by atoms with Crippen molar-refractivity contribution in [1.29, 1.82) is 0 Å². The Morgan fingerprint density at radius 3 is 2.71 bits per heavy atom. The number of amides is 1.